The van der Waals surface area contributed by atoms with Crippen molar-refractivity contribution in [3.8, 4) is 11.5 Å². The van der Waals surface area contributed by atoms with E-state index in [0.29, 0.717) is 6.07 Å². The van der Waals surface area contributed by atoms with Crippen LogP contribution < -0.4 is 9.47 Å². The molecule has 0 bridgehead atoms. The molecule has 0 aliphatic heterocycles. The van der Waals surface area contributed by atoms with Crippen molar-refractivity contribution >= 4 is 0 Å². The lowest BCUT2D eigenvalue weighted by atomic mass is 10.2. The molecule has 0 fully saturated rings. The van der Waals surface area contributed by atoms with Crippen LogP contribution in [0, 0.1) is 0 Å². The van der Waals surface area contributed by atoms with Crippen LogP contribution in [-0.2, 0) is 6.18 Å². The fraction of sp³-hybridized carbons (Fsp3) is 0.333. The van der Waals surface area contributed by atoms with Crippen LogP contribution in [0.15, 0.2) is 18.2 Å². The van der Waals surface area contributed by atoms with Gasteiger partial charge in [-0.05, 0) is 12.1 Å². The molecule has 0 heterocycles. The number of alkyl halides is 5. The van der Waals surface area contributed by atoms with Crippen molar-refractivity contribution in [3.63, 3.8) is 0 Å². The van der Waals surface area contributed by atoms with Crippen molar-refractivity contribution < 1.29 is 31.4 Å². The predicted octanol–water partition coefficient (Wildman–Crippen LogP) is 3.32. The lowest BCUT2D eigenvalue weighted by Crippen LogP contribution is -2.11. The Balaban J connectivity index is 3.16. The summed E-state index contributed by atoms with van der Waals surface area (Å²) in [6.07, 6.45) is -4.75. The Kier molecular flexibility index (Phi) is 3.56. The summed E-state index contributed by atoms with van der Waals surface area (Å²) in [5, 5.41) is 0. The number of rotatable bonds is 3. The molecule has 0 amide bonds. The Labute approximate surface area is 87.6 Å². The summed E-state index contributed by atoms with van der Waals surface area (Å²) < 4.78 is 69.3. The minimum absolute atomic E-state index is 0.00338. The van der Waals surface area contributed by atoms with E-state index in [-0.39, 0.29) is 5.75 Å². The minimum Gasteiger partial charge on any atom is -0.497 e. The molecule has 0 atom stereocenters. The SMILES string of the molecule is COc1ccc(C(F)(F)F)c(OC(F)F)c1. The molecule has 7 heteroatoms. The highest BCUT2D eigenvalue weighted by Crippen LogP contribution is 2.38. The normalized spacial score (nSPS) is 11.7. The van der Waals surface area contributed by atoms with Crippen LogP contribution >= 0.6 is 0 Å². The Morgan fingerprint density at radius 2 is 1.81 bits per heavy atom. The molecule has 2 nitrogen and oxygen atoms in total. The summed E-state index contributed by atoms with van der Waals surface area (Å²) in [6, 6.07) is 2.40. The topological polar surface area (TPSA) is 18.5 Å². The highest BCUT2D eigenvalue weighted by Gasteiger charge is 2.35. The van der Waals surface area contributed by atoms with Gasteiger partial charge < -0.3 is 9.47 Å². The zero-order valence-electron chi connectivity index (χ0n) is 8.02. The second kappa shape index (κ2) is 4.54. The highest BCUT2D eigenvalue weighted by molar-refractivity contribution is 5.42. The van der Waals surface area contributed by atoms with Gasteiger partial charge >= 0.3 is 12.8 Å². The summed E-state index contributed by atoms with van der Waals surface area (Å²) in [5.74, 6) is -0.953. The van der Waals surface area contributed by atoms with Crippen molar-refractivity contribution in [2.45, 2.75) is 12.8 Å². The monoisotopic (exact) mass is 242 g/mol. The molecular weight excluding hydrogens is 235 g/mol. The number of hydrogen-bond acceptors (Lipinski definition) is 2. The second-order valence-corrected chi connectivity index (χ2v) is 2.74. The molecule has 0 aromatic heterocycles. The Hall–Kier alpha value is -1.53. The molecule has 0 radical (unpaired) electrons. The molecule has 1 rings (SSSR count). The molecule has 0 aliphatic carbocycles. The van der Waals surface area contributed by atoms with E-state index in [0.717, 1.165) is 12.1 Å². The van der Waals surface area contributed by atoms with E-state index in [1.54, 1.807) is 0 Å². The largest absolute Gasteiger partial charge is 0.497 e. The van der Waals surface area contributed by atoms with Gasteiger partial charge in [0, 0.05) is 6.07 Å². The number of halogens is 5. The van der Waals surface area contributed by atoms with Crippen LogP contribution in [0.25, 0.3) is 0 Å². The van der Waals surface area contributed by atoms with Gasteiger partial charge in [0.15, 0.2) is 0 Å². The van der Waals surface area contributed by atoms with Crippen LogP contribution in [0.1, 0.15) is 5.56 Å². The van der Waals surface area contributed by atoms with Gasteiger partial charge in [-0.1, -0.05) is 0 Å². The zero-order valence-corrected chi connectivity index (χ0v) is 8.02. The fourth-order valence-electron chi connectivity index (χ4n) is 1.06. The van der Waals surface area contributed by atoms with Crippen molar-refractivity contribution in [2.75, 3.05) is 7.11 Å². The maximum Gasteiger partial charge on any atom is 0.419 e. The molecule has 0 unspecified atom stereocenters. The standard InChI is InChI=1S/C9H7F5O2/c1-15-5-2-3-6(9(12,13)14)7(4-5)16-8(10)11/h2-4,8H,1H3. The van der Waals surface area contributed by atoms with Gasteiger partial charge in [-0.2, -0.15) is 22.0 Å². The molecule has 90 valence electrons. The van der Waals surface area contributed by atoms with Gasteiger partial charge in [0.25, 0.3) is 0 Å². The van der Waals surface area contributed by atoms with Gasteiger partial charge in [0.1, 0.15) is 11.5 Å². The van der Waals surface area contributed by atoms with Crippen molar-refractivity contribution in [3.05, 3.63) is 23.8 Å². The Bertz CT molecular complexity index is 361. The second-order valence-electron chi connectivity index (χ2n) is 2.74. The maximum absolute atomic E-state index is 12.4. The van der Waals surface area contributed by atoms with E-state index < -0.39 is 24.1 Å². The van der Waals surface area contributed by atoms with Gasteiger partial charge in [0.2, 0.25) is 0 Å². The number of ether oxygens (including phenoxy) is 2. The van der Waals surface area contributed by atoms with Crippen LogP contribution in [0.3, 0.4) is 0 Å². The molecule has 16 heavy (non-hydrogen) atoms. The third kappa shape index (κ3) is 2.98. The van der Waals surface area contributed by atoms with Crippen LogP contribution in [-0.4, -0.2) is 13.7 Å². The average molecular weight is 242 g/mol. The Morgan fingerprint density at radius 1 is 1.19 bits per heavy atom. The van der Waals surface area contributed by atoms with E-state index in [1.807, 2.05) is 0 Å². The first kappa shape index (κ1) is 12.5. The first-order chi connectivity index (χ1) is 7.34. The summed E-state index contributed by atoms with van der Waals surface area (Å²) in [4.78, 5) is 0. The first-order valence-electron chi connectivity index (χ1n) is 4.04. The van der Waals surface area contributed by atoms with Crippen molar-refractivity contribution in [1.82, 2.24) is 0 Å². The summed E-state index contributed by atoms with van der Waals surface area (Å²) in [6.45, 7) is -3.33. The quantitative estimate of drug-likeness (QED) is 0.757. The predicted molar refractivity (Wildman–Crippen MR) is 44.6 cm³/mol. The van der Waals surface area contributed by atoms with E-state index >= 15 is 0 Å². The minimum atomic E-state index is -4.75. The van der Waals surface area contributed by atoms with Crippen molar-refractivity contribution in [1.29, 1.82) is 0 Å². The smallest absolute Gasteiger partial charge is 0.419 e. The lowest BCUT2D eigenvalue weighted by molar-refractivity contribution is -0.141. The fourth-order valence-corrected chi connectivity index (χ4v) is 1.06. The van der Waals surface area contributed by atoms with E-state index in [9.17, 15) is 22.0 Å². The zero-order chi connectivity index (χ0) is 12.3. The Morgan fingerprint density at radius 3 is 2.25 bits per heavy atom. The van der Waals surface area contributed by atoms with Gasteiger partial charge in [-0.3, -0.25) is 0 Å². The van der Waals surface area contributed by atoms with E-state index in [1.165, 1.54) is 7.11 Å². The summed E-state index contributed by atoms with van der Waals surface area (Å²) in [7, 11) is 1.20. The molecule has 0 saturated heterocycles. The third-order valence-electron chi connectivity index (χ3n) is 1.71. The number of benzene rings is 1. The third-order valence-corrected chi connectivity index (χ3v) is 1.71. The van der Waals surface area contributed by atoms with Gasteiger partial charge in [-0.25, -0.2) is 0 Å². The number of methoxy groups -OCH3 is 1. The van der Waals surface area contributed by atoms with Crippen molar-refractivity contribution in [2.24, 2.45) is 0 Å². The first-order valence-corrected chi connectivity index (χ1v) is 4.04. The molecule has 1 aromatic rings. The number of hydrogen-bond donors (Lipinski definition) is 0. The van der Waals surface area contributed by atoms with E-state index in [2.05, 4.69) is 9.47 Å². The molecule has 0 saturated carbocycles. The molecule has 1 aromatic carbocycles. The molecule has 0 aliphatic rings. The average Bonchev–Trinajstić information content (AvgIpc) is 2.14. The van der Waals surface area contributed by atoms with Gasteiger partial charge in [-0.15, -0.1) is 0 Å². The van der Waals surface area contributed by atoms with Crippen LogP contribution in [0.2, 0.25) is 0 Å². The molecular formula is C9H7F5O2. The lowest BCUT2D eigenvalue weighted by Gasteiger charge is -2.14. The van der Waals surface area contributed by atoms with Gasteiger partial charge in [0.05, 0.1) is 12.7 Å². The summed E-state index contributed by atoms with van der Waals surface area (Å²) in [5.41, 5.74) is -1.27. The van der Waals surface area contributed by atoms with Crippen LogP contribution in [0.5, 0.6) is 11.5 Å². The maximum atomic E-state index is 12.4. The molecule has 0 N–H and O–H groups in total. The van der Waals surface area contributed by atoms with Crippen LogP contribution in [0.4, 0.5) is 22.0 Å². The molecule has 0 spiro atoms. The van der Waals surface area contributed by atoms with E-state index in [4.69, 9.17) is 0 Å². The highest BCUT2D eigenvalue weighted by atomic mass is 19.4. The summed E-state index contributed by atoms with van der Waals surface area (Å²) >= 11 is 0.